The molecule has 0 spiro atoms. The number of ketones is 1. The Kier molecular flexibility index (Phi) is 7.42. The molecule has 0 atom stereocenters. The van der Waals surface area contributed by atoms with E-state index in [1.165, 1.54) is 18.6 Å². The summed E-state index contributed by atoms with van der Waals surface area (Å²) in [4.78, 5) is 43.2. The first-order valence-corrected chi connectivity index (χ1v) is 8.46. The molecule has 0 saturated heterocycles. The molecule has 0 unspecified atom stereocenters. The lowest BCUT2D eigenvalue weighted by molar-refractivity contribution is -0.116. The van der Waals surface area contributed by atoms with E-state index in [0.717, 1.165) is 19.3 Å². The third-order valence-electron chi connectivity index (χ3n) is 3.60. The van der Waals surface area contributed by atoms with Gasteiger partial charge < -0.3 is 10.1 Å². The minimum atomic E-state index is -0.706. The molecule has 2 rings (SSSR count). The monoisotopic (exact) mass is 355 g/mol. The number of carbonyl (C=O) groups is 3. The van der Waals surface area contributed by atoms with Gasteiger partial charge in [-0.25, -0.2) is 9.78 Å². The average Bonchev–Trinajstić information content (AvgIpc) is 2.67. The highest BCUT2D eigenvalue weighted by Gasteiger charge is 2.13. The van der Waals surface area contributed by atoms with Gasteiger partial charge in [-0.15, -0.1) is 0 Å². The molecule has 26 heavy (non-hydrogen) atoms. The zero-order chi connectivity index (χ0) is 18.8. The van der Waals surface area contributed by atoms with Crippen LogP contribution in [0, 0.1) is 0 Å². The molecule has 0 aliphatic heterocycles. The number of amides is 1. The van der Waals surface area contributed by atoms with E-state index in [4.69, 9.17) is 4.74 Å². The highest BCUT2D eigenvalue weighted by atomic mass is 16.5. The average molecular weight is 355 g/mol. The molecule has 0 radical (unpaired) electrons. The van der Waals surface area contributed by atoms with E-state index in [1.807, 2.05) is 0 Å². The molecular formula is C19H21N3O4. The lowest BCUT2D eigenvalue weighted by Gasteiger charge is -2.07. The third-order valence-corrected chi connectivity index (χ3v) is 3.60. The normalized spacial score (nSPS) is 10.2. The van der Waals surface area contributed by atoms with Crippen LogP contribution in [0.4, 0.5) is 5.69 Å². The Labute approximate surface area is 151 Å². The fourth-order valence-corrected chi connectivity index (χ4v) is 2.19. The molecular weight excluding hydrogens is 334 g/mol. The van der Waals surface area contributed by atoms with Crippen LogP contribution >= 0.6 is 0 Å². The Morgan fingerprint density at radius 2 is 1.85 bits per heavy atom. The topological polar surface area (TPSA) is 98.2 Å². The molecule has 1 aromatic carbocycles. The summed E-state index contributed by atoms with van der Waals surface area (Å²) in [6, 6.07) is 6.46. The number of benzene rings is 1. The number of esters is 1. The summed E-state index contributed by atoms with van der Waals surface area (Å²) in [5.41, 5.74) is 1.06. The summed E-state index contributed by atoms with van der Waals surface area (Å²) in [5.74, 6) is -1.10. The minimum Gasteiger partial charge on any atom is -0.453 e. The fraction of sp³-hybridized carbons (Fsp3) is 0.316. The van der Waals surface area contributed by atoms with E-state index in [9.17, 15) is 14.4 Å². The van der Waals surface area contributed by atoms with Crippen LogP contribution in [0.1, 0.15) is 53.5 Å². The first-order valence-electron chi connectivity index (χ1n) is 8.46. The predicted octanol–water partition coefficient (Wildman–Crippen LogP) is 3.04. The first-order chi connectivity index (χ1) is 12.6. The molecule has 7 nitrogen and oxygen atoms in total. The highest BCUT2D eigenvalue weighted by Crippen LogP contribution is 2.12. The van der Waals surface area contributed by atoms with E-state index in [1.54, 1.807) is 24.3 Å². The van der Waals surface area contributed by atoms with Gasteiger partial charge in [0.15, 0.2) is 18.1 Å². The SMILES string of the molecule is CCCCCC(=O)Nc1ccc(C(=O)COC(=O)c2cnccn2)cc1. The van der Waals surface area contributed by atoms with E-state index in [0.29, 0.717) is 17.7 Å². The van der Waals surface area contributed by atoms with Crippen molar-refractivity contribution in [2.24, 2.45) is 0 Å². The molecule has 0 bridgehead atoms. The van der Waals surface area contributed by atoms with Crippen molar-refractivity contribution in [1.29, 1.82) is 0 Å². The standard InChI is InChI=1S/C19H21N3O4/c1-2-3-4-5-18(24)22-15-8-6-14(7-9-15)17(23)13-26-19(25)16-12-20-10-11-21-16/h6-12H,2-5,13H2,1H3,(H,22,24). The summed E-state index contributed by atoms with van der Waals surface area (Å²) in [5, 5.41) is 2.79. The summed E-state index contributed by atoms with van der Waals surface area (Å²) < 4.78 is 4.93. The first kappa shape index (κ1) is 19.2. The Hall–Kier alpha value is -3.09. The molecule has 0 aliphatic carbocycles. The second kappa shape index (κ2) is 10.0. The largest absolute Gasteiger partial charge is 0.453 e. The summed E-state index contributed by atoms with van der Waals surface area (Å²) >= 11 is 0. The van der Waals surface area contributed by atoms with Crippen molar-refractivity contribution in [3.63, 3.8) is 0 Å². The molecule has 0 aliphatic rings. The number of ether oxygens (including phenoxy) is 1. The van der Waals surface area contributed by atoms with Gasteiger partial charge in [0.2, 0.25) is 5.91 Å². The molecule has 7 heteroatoms. The maximum atomic E-state index is 12.1. The van der Waals surface area contributed by atoms with Crippen LogP contribution in [0.5, 0.6) is 0 Å². The van der Waals surface area contributed by atoms with Crippen molar-refractivity contribution in [3.05, 3.63) is 54.1 Å². The second-order valence-electron chi connectivity index (χ2n) is 5.67. The maximum absolute atomic E-state index is 12.1. The van der Waals surface area contributed by atoms with Gasteiger partial charge in [0, 0.05) is 30.1 Å². The molecule has 0 saturated carbocycles. The molecule has 1 N–H and O–H groups in total. The Bertz CT molecular complexity index is 745. The Balaban J connectivity index is 1.82. The van der Waals surface area contributed by atoms with Gasteiger partial charge in [-0.2, -0.15) is 0 Å². The lowest BCUT2D eigenvalue weighted by atomic mass is 10.1. The minimum absolute atomic E-state index is 0.0430. The second-order valence-corrected chi connectivity index (χ2v) is 5.67. The number of nitrogens with zero attached hydrogens (tertiary/aromatic N) is 2. The number of hydrogen-bond donors (Lipinski definition) is 1. The number of Topliss-reactive ketones (excluding diaryl/α,β-unsaturated/α-hetero) is 1. The van der Waals surface area contributed by atoms with Gasteiger partial charge in [-0.3, -0.25) is 14.6 Å². The number of nitrogens with one attached hydrogen (secondary N) is 1. The smallest absolute Gasteiger partial charge is 0.358 e. The van der Waals surface area contributed by atoms with Crippen LogP contribution in [0.3, 0.4) is 0 Å². The highest BCUT2D eigenvalue weighted by molar-refractivity contribution is 5.99. The van der Waals surface area contributed by atoms with Crippen LogP contribution in [0.2, 0.25) is 0 Å². The van der Waals surface area contributed by atoms with Crippen LogP contribution in [0.15, 0.2) is 42.9 Å². The predicted molar refractivity (Wildman–Crippen MR) is 95.9 cm³/mol. The van der Waals surface area contributed by atoms with E-state index < -0.39 is 12.6 Å². The van der Waals surface area contributed by atoms with Crippen molar-refractivity contribution < 1.29 is 19.1 Å². The quantitative estimate of drug-likeness (QED) is 0.422. The number of rotatable bonds is 9. The van der Waals surface area contributed by atoms with Crippen molar-refractivity contribution in [3.8, 4) is 0 Å². The van der Waals surface area contributed by atoms with Crippen molar-refractivity contribution in [1.82, 2.24) is 9.97 Å². The van der Waals surface area contributed by atoms with Crippen LogP contribution in [0.25, 0.3) is 0 Å². The number of unbranched alkanes of at least 4 members (excludes halogenated alkanes) is 2. The lowest BCUT2D eigenvalue weighted by Crippen LogP contribution is -2.15. The van der Waals surface area contributed by atoms with Gasteiger partial charge in [0.1, 0.15) is 0 Å². The fourth-order valence-electron chi connectivity index (χ4n) is 2.19. The number of hydrogen-bond acceptors (Lipinski definition) is 6. The van der Waals surface area contributed by atoms with Gasteiger partial charge in [-0.1, -0.05) is 19.8 Å². The van der Waals surface area contributed by atoms with Crippen LogP contribution in [-0.2, 0) is 9.53 Å². The molecule has 1 aromatic heterocycles. The zero-order valence-corrected chi connectivity index (χ0v) is 14.6. The van der Waals surface area contributed by atoms with Crippen molar-refractivity contribution in [2.45, 2.75) is 32.6 Å². The van der Waals surface area contributed by atoms with Crippen molar-refractivity contribution >= 4 is 23.3 Å². The van der Waals surface area contributed by atoms with Gasteiger partial charge in [0.25, 0.3) is 0 Å². The third kappa shape index (κ3) is 6.08. The summed E-state index contributed by atoms with van der Waals surface area (Å²) in [6.45, 7) is 1.69. The zero-order valence-electron chi connectivity index (χ0n) is 14.6. The number of carbonyl (C=O) groups excluding carboxylic acids is 3. The Morgan fingerprint density at radius 1 is 1.08 bits per heavy atom. The van der Waals surface area contributed by atoms with Gasteiger partial charge in [-0.05, 0) is 30.7 Å². The number of aromatic nitrogens is 2. The molecule has 1 heterocycles. The van der Waals surface area contributed by atoms with E-state index in [2.05, 4.69) is 22.2 Å². The molecule has 136 valence electrons. The van der Waals surface area contributed by atoms with Gasteiger partial charge >= 0.3 is 5.97 Å². The maximum Gasteiger partial charge on any atom is 0.358 e. The van der Waals surface area contributed by atoms with E-state index >= 15 is 0 Å². The van der Waals surface area contributed by atoms with E-state index in [-0.39, 0.29) is 17.4 Å². The number of anilines is 1. The van der Waals surface area contributed by atoms with Crippen molar-refractivity contribution in [2.75, 3.05) is 11.9 Å². The molecule has 2 aromatic rings. The molecule has 1 amide bonds. The van der Waals surface area contributed by atoms with Gasteiger partial charge in [0.05, 0.1) is 6.20 Å². The summed E-state index contributed by atoms with van der Waals surface area (Å²) in [6.07, 6.45) is 7.49. The summed E-state index contributed by atoms with van der Waals surface area (Å²) in [7, 11) is 0. The van der Waals surface area contributed by atoms with Crippen LogP contribution in [-0.4, -0.2) is 34.2 Å². The Morgan fingerprint density at radius 3 is 2.50 bits per heavy atom. The van der Waals surface area contributed by atoms with Crippen LogP contribution < -0.4 is 5.32 Å². The molecule has 0 fully saturated rings.